The fourth-order valence-electron chi connectivity index (χ4n) is 2.59. The van der Waals surface area contributed by atoms with Gasteiger partial charge in [-0.25, -0.2) is 4.98 Å². The van der Waals surface area contributed by atoms with Crippen molar-refractivity contribution in [3.05, 3.63) is 16.1 Å². The molecule has 1 heterocycles. The van der Waals surface area contributed by atoms with E-state index < -0.39 is 0 Å². The fourth-order valence-corrected chi connectivity index (χ4v) is 3.62. The first kappa shape index (κ1) is 14.8. The molecule has 0 aromatic carbocycles. The van der Waals surface area contributed by atoms with Gasteiger partial charge < -0.3 is 5.32 Å². The number of carbonyl (C=O) groups is 1. The van der Waals surface area contributed by atoms with E-state index in [0.717, 1.165) is 17.1 Å². The van der Waals surface area contributed by atoms with Gasteiger partial charge in [-0.3, -0.25) is 4.79 Å². The van der Waals surface area contributed by atoms with E-state index in [2.05, 4.69) is 17.2 Å². The molecule has 1 saturated carbocycles. The molecule has 1 aliphatic rings. The van der Waals surface area contributed by atoms with Gasteiger partial charge in [-0.15, -0.1) is 22.9 Å². The number of nitrogens with zero attached hydrogens (tertiary/aromatic N) is 1. The number of amides is 1. The smallest absolute Gasteiger partial charge is 0.227 e. The van der Waals surface area contributed by atoms with E-state index in [1.54, 1.807) is 0 Å². The van der Waals surface area contributed by atoms with Crippen LogP contribution in [0.15, 0.2) is 5.38 Å². The Hall–Kier alpha value is -0.610. The maximum absolute atomic E-state index is 12.1. The van der Waals surface area contributed by atoms with Crippen molar-refractivity contribution in [2.45, 2.75) is 57.4 Å². The predicted molar refractivity (Wildman–Crippen MR) is 79.6 cm³/mol. The van der Waals surface area contributed by atoms with Gasteiger partial charge in [0.05, 0.1) is 18.0 Å². The normalized spacial score (nSPS) is 23.9. The van der Waals surface area contributed by atoms with Crippen molar-refractivity contribution in [2.75, 3.05) is 0 Å². The third kappa shape index (κ3) is 4.46. The van der Waals surface area contributed by atoms with Crippen LogP contribution in [0.2, 0.25) is 0 Å². The molecule has 19 heavy (non-hydrogen) atoms. The first-order valence-electron chi connectivity index (χ1n) is 6.97. The third-order valence-electron chi connectivity index (χ3n) is 3.76. The quantitative estimate of drug-likeness (QED) is 0.683. The molecule has 2 rings (SSSR count). The number of rotatable bonds is 4. The van der Waals surface area contributed by atoms with Gasteiger partial charge in [-0.2, -0.15) is 0 Å². The minimum absolute atomic E-state index is 0.0919. The van der Waals surface area contributed by atoms with Gasteiger partial charge in [-0.1, -0.05) is 26.2 Å². The molecule has 3 nitrogen and oxygen atoms in total. The molecule has 5 heteroatoms. The molecule has 0 saturated heterocycles. The molecule has 1 fully saturated rings. The molecule has 1 aromatic heterocycles. The molecule has 0 bridgehead atoms. The predicted octanol–water partition coefficient (Wildman–Crippen LogP) is 3.51. The highest BCUT2D eigenvalue weighted by Gasteiger charge is 2.21. The maximum Gasteiger partial charge on any atom is 0.227 e. The summed E-state index contributed by atoms with van der Waals surface area (Å²) in [5, 5.41) is 5.96. The summed E-state index contributed by atoms with van der Waals surface area (Å²) in [5.74, 6) is 1.09. The second-order valence-corrected chi connectivity index (χ2v) is 6.54. The number of halogens is 1. The highest BCUT2D eigenvalue weighted by molar-refractivity contribution is 7.09. The van der Waals surface area contributed by atoms with Crippen molar-refractivity contribution < 1.29 is 4.79 Å². The Morgan fingerprint density at radius 1 is 1.47 bits per heavy atom. The van der Waals surface area contributed by atoms with Crippen LogP contribution < -0.4 is 5.32 Å². The summed E-state index contributed by atoms with van der Waals surface area (Å²) in [5.41, 5.74) is 0.859. The molecule has 1 N–H and O–H groups in total. The van der Waals surface area contributed by atoms with Crippen LogP contribution in [-0.2, 0) is 17.1 Å². The summed E-state index contributed by atoms with van der Waals surface area (Å²) in [6.07, 6.45) is 6.52. The van der Waals surface area contributed by atoms with Gasteiger partial charge in [0.1, 0.15) is 5.01 Å². The molecule has 2 unspecified atom stereocenters. The van der Waals surface area contributed by atoms with Gasteiger partial charge in [0.2, 0.25) is 5.91 Å². The van der Waals surface area contributed by atoms with E-state index in [9.17, 15) is 4.79 Å². The van der Waals surface area contributed by atoms with Crippen molar-refractivity contribution >= 4 is 28.8 Å². The van der Waals surface area contributed by atoms with Crippen LogP contribution in [-0.4, -0.2) is 16.9 Å². The lowest BCUT2D eigenvalue weighted by Crippen LogP contribution is -2.39. The van der Waals surface area contributed by atoms with Gasteiger partial charge >= 0.3 is 0 Å². The van der Waals surface area contributed by atoms with Gasteiger partial charge in [0.25, 0.3) is 0 Å². The minimum atomic E-state index is 0.0919. The highest BCUT2D eigenvalue weighted by Crippen LogP contribution is 2.23. The summed E-state index contributed by atoms with van der Waals surface area (Å²) >= 11 is 7.23. The van der Waals surface area contributed by atoms with Gasteiger partial charge in [0.15, 0.2) is 0 Å². The zero-order chi connectivity index (χ0) is 13.7. The van der Waals surface area contributed by atoms with E-state index in [-0.39, 0.29) is 5.91 Å². The van der Waals surface area contributed by atoms with E-state index in [4.69, 9.17) is 11.6 Å². The van der Waals surface area contributed by atoms with Crippen LogP contribution in [0.5, 0.6) is 0 Å². The monoisotopic (exact) mass is 300 g/mol. The van der Waals surface area contributed by atoms with E-state index in [1.807, 2.05) is 5.38 Å². The Balaban J connectivity index is 1.85. The Labute approximate surface area is 123 Å². The molecule has 106 valence electrons. The largest absolute Gasteiger partial charge is 0.353 e. The number of nitrogens with one attached hydrogen (secondary N) is 1. The third-order valence-corrected chi connectivity index (χ3v) is 4.93. The van der Waals surface area contributed by atoms with Crippen LogP contribution in [0, 0.1) is 5.92 Å². The van der Waals surface area contributed by atoms with Crippen molar-refractivity contribution in [1.29, 1.82) is 0 Å². The molecule has 2 atom stereocenters. The first-order valence-corrected chi connectivity index (χ1v) is 8.39. The number of hydrogen-bond acceptors (Lipinski definition) is 3. The Morgan fingerprint density at radius 3 is 3.00 bits per heavy atom. The van der Waals surface area contributed by atoms with Crippen molar-refractivity contribution in [3.8, 4) is 0 Å². The lowest BCUT2D eigenvalue weighted by atomic mass is 9.97. The Bertz CT molecular complexity index is 421. The van der Waals surface area contributed by atoms with E-state index in [1.165, 1.54) is 37.0 Å². The standard InChI is InChI=1S/C14H21ClN2OS/c1-10-5-3-2-4-6-12(10)17-13(18)7-14-16-11(8-15)9-19-14/h9-10,12H,2-8H2,1H3,(H,17,18). The zero-order valence-corrected chi connectivity index (χ0v) is 12.9. The molecule has 0 radical (unpaired) electrons. The maximum atomic E-state index is 12.1. The Morgan fingerprint density at radius 2 is 2.26 bits per heavy atom. The van der Waals surface area contributed by atoms with Crippen molar-refractivity contribution in [3.63, 3.8) is 0 Å². The molecule has 0 spiro atoms. The second kappa shape index (κ2) is 7.25. The number of carbonyl (C=O) groups excluding carboxylic acids is 1. The van der Waals surface area contributed by atoms with Crippen molar-refractivity contribution in [1.82, 2.24) is 10.3 Å². The molecule has 0 aliphatic heterocycles. The lowest BCUT2D eigenvalue weighted by molar-refractivity contribution is -0.121. The lowest BCUT2D eigenvalue weighted by Gasteiger charge is -2.22. The minimum Gasteiger partial charge on any atom is -0.353 e. The van der Waals surface area contributed by atoms with Crippen molar-refractivity contribution in [2.24, 2.45) is 5.92 Å². The first-order chi connectivity index (χ1) is 9.19. The highest BCUT2D eigenvalue weighted by atomic mass is 35.5. The fraction of sp³-hybridized carbons (Fsp3) is 0.714. The van der Waals surface area contributed by atoms with E-state index >= 15 is 0 Å². The number of alkyl halides is 1. The summed E-state index contributed by atoms with van der Waals surface area (Å²) in [6.45, 7) is 2.24. The topological polar surface area (TPSA) is 42.0 Å². The van der Waals surface area contributed by atoms with Crippen LogP contribution in [0.3, 0.4) is 0 Å². The van der Waals surface area contributed by atoms with Crippen LogP contribution in [0.4, 0.5) is 0 Å². The average molecular weight is 301 g/mol. The second-order valence-electron chi connectivity index (χ2n) is 5.33. The summed E-state index contributed by atoms with van der Waals surface area (Å²) < 4.78 is 0. The van der Waals surface area contributed by atoms with Crippen LogP contribution in [0.25, 0.3) is 0 Å². The number of aromatic nitrogens is 1. The average Bonchev–Trinajstić information content (AvgIpc) is 2.74. The molecule has 1 aromatic rings. The van der Waals surface area contributed by atoms with Gasteiger partial charge in [-0.05, 0) is 18.8 Å². The number of hydrogen-bond donors (Lipinski definition) is 1. The zero-order valence-electron chi connectivity index (χ0n) is 11.3. The summed E-state index contributed by atoms with van der Waals surface area (Å²) in [4.78, 5) is 16.4. The number of thiazole rings is 1. The Kier molecular flexibility index (Phi) is 5.64. The molecule has 1 aliphatic carbocycles. The molecule has 1 amide bonds. The van der Waals surface area contributed by atoms with E-state index in [0.29, 0.717) is 24.3 Å². The van der Waals surface area contributed by atoms with Crippen LogP contribution >= 0.6 is 22.9 Å². The summed E-state index contributed by atoms with van der Waals surface area (Å²) in [6, 6.07) is 0.336. The SMILES string of the molecule is CC1CCCCCC1NC(=O)Cc1nc(CCl)cs1. The molecular weight excluding hydrogens is 280 g/mol. The molecular formula is C14H21ClN2OS. The van der Waals surface area contributed by atoms with Gasteiger partial charge in [0, 0.05) is 11.4 Å². The van der Waals surface area contributed by atoms with Crippen LogP contribution in [0.1, 0.15) is 49.7 Å². The summed E-state index contributed by atoms with van der Waals surface area (Å²) in [7, 11) is 0.